The Labute approximate surface area is 117 Å². The molecule has 1 fully saturated rings. The average Bonchev–Trinajstić information content (AvgIpc) is 2.46. The number of ether oxygens (including phenoxy) is 3. The zero-order valence-corrected chi connectivity index (χ0v) is 11.7. The van der Waals surface area contributed by atoms with Gasteiger partial charge in [-0.1, -0.05) is 17.7 Å². The topological polar surface area (TPSA) is 51.5 Å². The fourth-order valence-electron chi connectivity index (χ4n) is 2.34. The molecule has 0 amide bonds. The van der Waals surface area contributed by atoms with Crippen molar-refractivity contribution in [3.8, 4) is 17.6 Å². The Morgan fingerprint density at radius 1 is 1.37 bits per heavy atom. The second-order valence-corrected chi connectivity index (χ2v) is 4.75. The van der Waals surface area contributed by atoms with E-state index in [9.17, 15) is 5.26 Å². The molecule has 4 nitrogen and oxygen atoms in total. The second-order valence-electron chi connectivity index (χ2n) is 4.37. The summed E-state index contributed by atoms with van der Waals surface area (Å²) in [4.78, 5) is 0. The molecule has 0 spiro atoms. The lowest BCUT2D eigenvalue weighted by atomic mass is 9.90. The Bertz CT molecular complexity index is 498. The molecular weight excluding hydrogens is 266 g/mol. The summed E-state index contributed by atoms with van der Waals surface area (Å²) in [5.41, 5.74) is 0.783. The predicted octanol–water partition coefficient (Wildman–Crippen LogP) is 3.35. The maximum atomic E-state index is 9.21. The van der Waals surface area contributed by atoms with E-state index in [1.54, 1.807) is 13.2 Å². The molecule has 1 aromatic rings. The highest BCUT2D eigenvalue weighted by Crippen LogP contribution is 2.44. The molecule has 0 radical (unpaired) electrons. The van der Waals surface area contributed by atoms with Crippen molar-refractivity contribution in [3.05, 3.63) is 22.7 Å². The van der Waals surface area contributed by atoms with Crippen LogP contribution in [0.3, 0.4) is 0 Å². The largest absolute Gasteiger partial charge is 0.493 e. The maximum Gasteiger partial charge on any atom is 0.179 e. The highest BCUT2D eigenvalue weighted by Gasteiger charge is 2.30. The third-order valence-electron chi connectivity index (χ3n) is 3.31. The molecule has 19 heavy (non-hydrogen) atoms. The van der Waals surface area contributed by atoms with Crippen LogP contribution >= 0.6 is 11.6 Å². The fourth-order valence-corrected chi connectivity index (χ4v) is 2.68. The molecule has 0 saturated carbocycles. The van der Waals surface area contributed by atoms with E-state index in [0.717, 1.165) is 18.4 Å². The van der Waals surface area contributed by atoms with Gasteiger partial charge in [0.2, 0.25) is 0 Å². The van der Waals surface area contributed by atoms with Crippen LogP contribution in [-0.4, -0.2) is 20.8 Å². The van der Waals surface area contributed by atoms with Crippen LogP contribution in [0.5, 0.6) is 11.5 Å². The summed E-state index contributed by atoms with van der Waals surface area (Å²) in [6.45, 7) is 0.646. The van der Waals surface area contributed by atoms with E-state index in [2.05, 4.69) is 6.07 Å². The minimum atomic E-state index is -0.300. The molecule has 1 heterocycles. The van der Waals surface area contributed by atoms with Crippen molar-refractivity contribution in [2.24, 2.45) is 5.92 Å². The first-order valence-corrected chi connectivity index (χ1v) is 6.52. The van der Waals surface area contributed by atoms with Crippen LogP contribution in [0.4, 0.5) is 0 Å². The molecule has 2 atom stereocenters. The predicted molar refractivity (Wildman–Crippen MR) is 71.6 cm³/mol. The van der Waals surface area contributed by atoms with E-state index in [0.29, 0.717) is 23.1 Å². The quantitative estimate of drug-likeness (QED) is 0.852. The van der Waals surface area contributed by atoms with Gasteiger partial charge in [-0.25, -0.2) is 0 Å². The van der Waals surface area contributed by atoms with Crippen molar-refractivity contribution in [2.75, 3.05) is 20.8 Å². The molecule has 0 aliphatic carbocycles. The molecular formula is C14H16ClNO3. The number of nitriles is 1. The first-order chi connectivity index (χ1) is 9.22. The Kier molecular flexibility index (Phi) is 4.52. The number of rotatable bonds is 3. The minimum Gasteiger partial charge on any atom is -0.493 e. The van der Waals surface area contributed by atoms with Gasteiger partial charge in [-0.15, -0.1) is 0 Å². The summed E-state index contributed by atoms with van der Waals surface area (Å²) in [5.74, 6) is 0.873. The van der Waals surface area contributed by atoms with Crippen molar-refractivity contribution in [3.63, 3.8) is 0 Å². The smallest absolute Gasteiger partial charge is 0.179 e. The summed E-state index contributed by atoms with van der Waals surface area (Å²) < 4.78 is 16.2. The normalized spacial score (nSPS) is 22.6. The average molecular weight is 282 g/mol. The van der Waals surface area contributed by atoms with Crippen molar-refractivity contribution >= 4 is 11.6 Å². The number of hydrogen-bond donors (Lipinski definition) is 0. The Hall–Kier alpha value is -1.44. The SMILES string of the molecule is COc1ccc(C2OCCCC2C#N)c(Cl)c1OC. The molecule has 0 aromatic heterocycles. The van der Waals surface area contributed by atoms with E-state index in [4.69, 9.17) is 25.8 Å². The van der Waals surface area contributed by atoms with Crippen LogP contribution in [0.1, 0.15) is 24.5 Å². The second kappa shape index (κ2) is 6.14. The summed E-state index contributed by atoms with van der Waals surface area (Å²) in [6, 6.07) is 5.91. The fraction of sp³-hybridized carbons (Fsp3) is 0.500. The van der Waals surface area contributed by atoms with Gasteiger partial charge in [-0.2, -0.15) is 5.26 Å². The Morgan fingerprint density at radius 2 is 2.16 bits per heavy atom. The summed E-state index contributed by atoms with van der Waals surface area (Å²) in [6.07, 6.45) is 1.43. The van der Waals surface area contributed by atoms with E-state index in [1.807, 2.05) is 6.07 Å². The Morgan fingerprint density at radius 3 is 2.79 bits per heavy atom. The standard InChI is InChI=1S/C14H16ClNO3/c1-17-11-6-5-10(12(15)14(11)18-2)13-9(8-16)4-3-7-19-13/h5-6,9,13H,3-4,7H2,1-2H3. The number of methoxy groups -OCH3 is 2. The first-order valence-electron chi connectivity index (χ1n) is 6.14. The molecule has 1 aliphatic rings. The number of halogens is 1. The third-order valence-corrected chi connectivity index (χ3v) is 3.70. The number of nitrogens with zero attached hydrogens (tertiary/aromatic N) is 1. The van der Waals surface area contributed by atoms with Crippen LogP contribution in [0.15, 0.2) is 12.1 Å². The zero-order valence-electron chi connectivity index (χ0n) is 11.0. The van der Waals surface area contributed by atoms with Crippen LogP contribution in [0, 0.1) is 17.2 Å². The lowest BCUT2D eigenvalue weighted by Gasteiger charge is -2.28. The molecule has 1 aliphatic heterocycles. The van der Waals surface area contributed by atoms with Crippen LogP contribution in [-0.2, 0) is 4.74 Å². The molecule has 2 unspecified atom stereocenters. The van der Waals surface area contributed by atoms with Crippen molar-refractivity contribution in [2.45, 2.75) is 18.9 Å². The maximum absolute atomic E-state index is 9.21. The number of benzene rings is 1. The van der Waals surface area contributed by atoms with Gasteiger partial charge in [-0.3, -0.25) is 0 Å². The molecule has 1 saturated heterocycles. The highest BCUT2D eigenvalue weighted by atomic mass is 35.5. The summed E-state index contributed by atoms with van der Waals surface area (Å²) >= 11 is 6.35. The van der Waals surface area contributed by atoms with Gasteiger partial charge in [0.25, 0.3) is 0 Å². The number of hydrogen-bond acceptors (Lipinski definition) is 4. The first kappa shape index (κ1) is 14.0. The van der Waals surface area contributed by atoms with Crippen molar-refractivity contribution in [1.82, 2.24) is 0 Å². The summed E-state index contributed by atoms with van der Waals surface area (Å²) in [7, 11) is 3.10. The molecule has 5 heteroatoms. The molecule has 1 aromatic carbocycles. The van der Waals surface area contributed by atoms with Crippen LogP contribution in [0.25, 0.3) is 0 Å². The van der Waals surface area contributed by atoms with Crippen molar-refractivity contribution in [1.29, 1.82) is 5.26 Å². The van der Waals surface area contributed by atoms with Gasteiger partial charge < -0.3 is 14.2 Å². The minimum absolute atomic E-state index is 0.177. The van der Waals surface area contributed by atoms with Gasteiger partial charge in [0.15, 0.2) is 11.5 Å². The molecule has 0 bridgehead atoms. The van der Waals surface area contributed by atoms with E-state index < -0.39 is 0 Å². The van der Waals surface area contributed by atoms with Crippen LogP contribution in [0.2, 0.25) is 5.02 Å². The summed E-state index contributed by atoms with van der Waals surface area (Å²) in [5, 5.41) is 9.66. The van der Waals surface area contributed by atoms with Gasteiger partial charge in [0, 0.05) is 12.2 Å². The highest BCUT2D eigenvalue weighted by molar-refractivity contribution is 6.33. The van der Waals surface area contributed by atoms with Gasteiger partial charge >= 0.3 is 0 Å². The lowest BCUT2D eigenvalue weighted by Crippen LogP contribution is -2.21. The van der Waals surface area contributed by atoms with Gasteiger partial charge in [0.1, 0.15) is 0 Å². The van der Waals surface area contributed by atoms with E-state index in [1.165, 1.54) is 7.11 Å². The van der Waals surface area contributed by atoms with Crippen molar-refractivity contribution < 1.29 is 14.2 Å². The molecule has 0 N–H and O–H groups in total. The van der Waals surface area contributed by atoms with Gasteiger partial charge in [-0.05, 0) is 18.9 Å². The zero-order chi connectivity index (χ0) is 13.8. The monoisotopic (exact) mass is 281 g/mol. The molecule has 102 valence electrons. The van der Waals surface area contributed by atoms with E-state index in [-0.39, 0.29) is 12.0 Å². The van der Waals surface area contributed by atoms with Gasteiger partial charge in [0.05, 0.1) is 37.3 Å². The lowest BCUT2D eigenvalue weighted by molar-refractivity contribution is -0.0102. The third kappa shape index (κ3) is 2.63. The molecule has 2 rings (SSSR count). The van der Waals surface area contributed by atoms with Crippen LogP contribution < -0.4 is 9.47 Å². The van der Waals surface area contributed by atoms with E-state index >= 15 is 0 Å². The Balaban J connectivity index is 2.42.